The number of anilines is 3. The number of rotatable bonds is 6. The largest absolute Gasteiger partial charge is 0.456 e. The Bertz CT molecular complexity index is 2600. The van der Waals surface area contributed by atoms with Crippen LogP contribution < -0.4 is 4.90 Å². The summed E-state index contributed by atoms with van der Waals surface area (Å²) in [6, 6.07) is 65.0. The second-order valence-electron chi connectivity index (χ2n) is 12.6. The van der Waals surface area contributed by atoms with E-state index in [0.717, 1.165) is 44.9 Å². The summed E-state index contributed by atoms with van der Waals surface area (Å²) in [6.45, 7) is 2.14. The van der Waals surface area contributed by atoms with E-state index in [9.17, 15) is 0 Å². The molecule has 0 aliphatic rings. The zero-order valence-electron chi connectivity index (χ0n) is 27.2. The van der Waals surface area contributed by atoms with Gasteiger partial charge in [-0.15, -0.1) is 0 Å². The molecule has 0 atom stereocenters. The minimum absolute atomic E-state index is 0.904. The molecule has 0 spiro atoms. The molecule has 1 aromatic heterocycles. The maximum atomic E-state index is 6.40. The minimum atomic E-state index is 0.904. The van der Waals surface area contributed by atoms with Gasteiger partial charge in [0.2, 0.25) is 0 Å². The third-order valence-corrected chi connectivity index (χ3v) is 9.65. The molecule has 9 rings (SSSR count). The van der Waals surface area contributed by atoms with Gasteiger partial charge in [-0.1, -0.05) is 133 Å². The lowest BCUT2D eigenvalue weighted by Crippen LogP contribution is -2.10. The zero-order chi connectivity index (χ0) is 32.7. The molecule has 232 valence electrons. The van der Waals surface area contributed by atoms with Crippen molar-refractivity contribution in [3.8, 4) is 33.6 Å². The molecule has 2 heteroatoms. The van der Waals surface area contributed by atoms with Crippen LogP contribution in [0.1, 0.15) is 5.56 Å². The van der Waals surface area contributed by atoms with Gasteiger partial charge < -0.3 is 9.32 Å². The highest BCUT2D eigenvalue weighted by molar-refractivity contribution is 6.08. The van der Waals surface area contributed by atoms with Crippen LogP contribution >= 0.6 is 0 Å². The van der Waals surface area contributed by atoms with Gasteiger partial charge in [0.05, 0.1) is 0 Å². The summed E-state index contributed by atoms with van der Waals surface area (Å²) in [4.78, 5) is 2.33. The van der Waals surface area contributed by atoms with Crippen LogP contribution in [0.5, 0.6) is 0 Å². The molecule has 0 saturated carbocycles. The van der Waals surface area contributed by atoms with Crippen LogP contribution in [-0.4, -0.2) is 0 Å². The fourth-order valence-electron chi connectivity index (χ4n) is 7.11. The highest BCUT2D eigenvalue weighted by Gasteiger charge is 2.17. The van der Waals surface area contributed by atoms with Gasteiger partial charge in [0.15, 0.2) is 0 Å². The Morgan fingerprint density at radius 3 is 1.69 bits per heavy atom. The van der Waals surface area contributed by atoms with Crippen molar-refractivity contribution < 1.29 is 4.42 Å². The molecule has 8 aromatic carbocycles. The number of furan rings is 1. The Balaban J connectivity index is 1.12. The summed E-state index contributed by atoms with van der Waals surface area (Å²) in [5, 5.41) is 6.23. The number of hydrogen-bond acceptors (Lipinski definition) is 2. The van der Waals surface area contributed by atoms with Crippen LogP contribution in [0.2, 0.25) is 0 Å². The Kier molecular flexibility index (Phi) is 7.06. The summed E-state index contributed by atoms with van der Waals surface area (Å²) >= 11 is 0. The van der Waals surface area contributed by atoms with E-state index in [1.807, 2.05) is 12.1 Å². The molecule has 0 bridgehead atoms. The fraction of sp³-hybridized carbons (Fsp3) is 0.0213. The van der Waals surface area contributed by atoms with Crippen LogP contribution in [0.15, 0.2) is 186 Å². The van der Waals surface area contributed by atoms with Crippen molar-refractivity contribution in [2.75, 3.05) is 4.90 Å². The molecule has 0 amide bonds. The molecule has 0 radical (unpaired) electrons. The first-order valence-electron chi connectivity index (χ1n) is 16.8. The number of para-hydroxylation sites is 1. The maximum Gasteiger partial charge on any atom is 0.138 e. The molecule has 0 aliphatic heterocycles. The highest BCUT2D eigenvalue weighted by Crippen LogP contribution is 2.40. The standard InChI is InChI=1S/C47H33NO/c1-32-43-15-7-8-17-46(43)49-47(32)39-13-9-14-42(31-39)48(40-25-20-34(21-26-40)33-10-3-2-4-11-33)41-27-22-35(23-28-41)37-24-29-45-38(30-37)19-18-36-12-5-6-16-44(36)45/h2-31H,1H3. The molecule has 2 nitrogen and oxygen atoms in total. The van der Waals surface area contributed by atoms with Crippen LogP contribution in [0, 0.1) is 6.92 Å². The first-order chi connectivity index (χ1) is 24.2. The van der Waals surface area contributed by atoms with Crippen LogP contribution in [0.4, 0.5) is 17.1 Å². The van der Waals surface area contributed by atoms with E-state index in [1.54, 1.807) is 0 Å². The zero-order valence-corrected chi connectivity index (χ0v) is 27.2. The summed E-state index contributed by atoms with van der Waals surface area (Å²) < 4.78 is 6.40. The average Bonchev–Trinajstić information content (AvgIpc) is 3.52. The van der Waals surface area contributed by atoms with Gasteiger partial charge in [-0.25, -0.2) is 0 Å². The third kappa shape index (κ3) is 5.24. The molecule has 0 fully saturated rings. The van der Waals surface area contributed by atoms with Crippen molar-refractivity contribution in [1.29, 1.82) is 0 Å². The Labute approximate surface area is 286 Å². The van der Waals surface area contributed by atoms with E-state index in [4.69, 9.17) is 4.42 Å². The normalized spacial score (nSPS) is 11.4. The Morgan fingerprint density at radius 2 is 0.939 bits per heavy atom. The van der Waals surface area contributed by atoms with E-state index < -0.39 is 0 Å². The number of hydrogen-bond donors (Lipinski definition) is 0. The molecule has 0 unspecified atom stereocenters. The van der Waals surface area contributed by atoms with E-state index in [-0.39, 0.29) is 0 Å². The van der Waals surface area contributed by atoms with Gasteiger partial charge >= 0.3 is 0 Å². The first kappa shape index (κ1) is 28.8. The van der Waals surface area contributed by atoms with E-state index in [0.29, 0.717) is 0 Å². The van der Waals surface area contributed by atoms with Gasteiger partial charge in [-0.05, 0) is 99.3 Å². The highest BCUT2D eigenvalue weighted by atomic mass is 16.3. The number of benzene rings is 8. The molecule has 0 aliphatic carbocycles. The topological polar surface area (TPSA) is 16.4 Å². The number of fused-ring (bicyclic) bond motifs is 4. The molecule has 0 saturated heterocycles. The quantitative estimate of drug-likeness (QED) is 0.171. The van der Waals surface area contributed by atoms with Gasteiger partial charge in [-0.2, -0.15) is 0 Å². The second-order valence-corrected chi connectivity index (χ2v) is 12.6. The van der Waals surface area contributed by atoms with Crippen molar-refractivity contribution in [1.82, 2.24) is 0 Å². The van der Waals surface area contributed by atoms with Gasteiger partial charge in [0.25, 0.3) is 0 Å². The molecule has 1 heterocycles. The van der Waals surface area contributed by atoms with Crippen molar-refractivity contribution in [3.05, 3.63) is 188 Å². The summed E-state index contributed by atoms with van der Waals surface area (Å²) in [6.07, 6.45) is 0. The van der Waals surface area contributed by atoms with Gasteiger partial charge in [0.1, 0.15) is 11.3 Å². The summed E-state index contributed by atoms with van der Waals surface area (Å²) in [7, 11) is 0. The summed E-state index contributed by atoms with van der Waals surface area (Å²) in [5.41, 5.74) is 11.1. The third-order valence-electron chi connectivity index (χ3n) is 9.65. The Morgan fingerprint density at radius 1 is 0.367 bits per heavy atom. The predicted molar refractivity (Wildman–Crippen MR) is 207 cm³/mol. The van der Waals surface area contributed by atoms with E-state index in [2.05, 4.69) is 182 Å². The van der Waals surface area contributed by atoms with Crippen LogP contribution in [0.25, 0.3) is 66.1 Å². The lowest BCUT2D eigenvalue weighted by atomic mass is 9.97. The van der Waals surface area contributed by atoms with Crippen LogP contribution in [0.3, 0.4) is 0 Å². The van der Waals surface area contributed by atoms with E-state index in [1.165, 1.54) is 43.8 Å². The van der Waals surface area contributed by atoms with Crippen molar-refractivity contribution in [2.45, 2.75) is 6.92 Å². The monoisotopic (exact) mass is 627 g/mol. The van der Waals surface area contributed by atoms with Gasteiger partial charge in [-0.3, -0.25) is 0 Å². The van der Waals surface area contributed by atoms with Gasteiger partial charge in [0, 0.05) is 33.6 Å². The SMILES string of the molecule is Cc1c(-c2cccc(N(c3ccc(-c4ccccc4)cc3)c3ccc(-c4ccc5c(ccc6ccccc65)c4)cc3)c2)oc2ccccc12. The fourth-order valence-corrected chi connectivity index (χ4v) is 7.11. The lowest BCUT2D eigenvalue weighted by Gasteiger charge is -2.26. The molecule has 9 aromatic rings. The smallest absolute Gasteiger partial charge is 0.138 e. The van der Waals surface area contributed by atoms with E-state index >= 15 is 0 Å². The van der Waals surface area contributed by atoms with Crippen LogP contribution in [-0.2, 0) is 0 Å². The molecule has 0 N–H and O–H groups in total. The number of aryl methyl sites for hydroxylation is 1. The minimum Gasteiger partial charge on any atom is -0.456 e. The number of nitrogens with zero attached hydrogens (tertiary/aromatic N) is 1. The molecule has 49 heavy (non-hydrogen) atoms. The molecular weight excluding hydrogens is 595 g/mol. The average molecular weight is 628 g/mol. The first-order valence-corrected chi connectivity index (χ1v) is 16.8. The van der Waals surface area contributed by atoms with Crippen molar-refractivity contribution in [2.24, 2.45) is 0 Å². The Hall–Kier alpha value is -6.38. The second kappa shape index (κ2) is 12.0. The molecular formula is C47H33NO. The van der Waals surface area contributed by atoms with Crippen molar-refractivity contribution >= 4 is 49.6 Å². The van der Waals surface area contributed by atoms with Crippen molar-refractivity contribution in [3.63, 3.8) is 0 Å². The maximum absolute atomic E-state index is 6.40. The summed E-state index contributed by atoms with van der Waals surface area (Å²) in [5.74, 6) is 0.904. The predicted octanol–water partition coefficient (Wildman–Crippen LogP) is 13.5. The lowest BCUT2D eigenvalue weighted by molar-refractivity contribution is 0.629.